The SMILES string of the molecule is Cc1nn(C)c(OC(=O)N(C)C)c1C(=O)c1ccccc1Cl. The van der Waals surface area contributed by atoms with E-state index < -0.39 is 6.09 Å². The average Bonchev–Trinajstić information content (AvgIpc) is 2.73. The summed E-state index contributed by atoms with van der Waals surface area (Å²) in [5, 5.41) is 4.49. The van der Waals surface area contributed by atoms with Gasteiger partial charge in [-0.1, -0.05) is 23.7 Å². The Balaban J connectivity index is 2.49. The van der Waals surface area contributed by atoms with E-state index >= 15 is 0 Å². The topological polar surface area (TPSA) is 64.4 Å². The number of aryl methyl sites for hydroxylation is 2. The summed E-state index contributed by atoms with van der Waals surface area (Å²) in [6.45, 7) is 1.68. The second-order valence-corrected chi connectivity index (χ2v) is 5.37. The number of hydrogen-bond acceptors (Lipinski definition) is 4. The van der Waals surface area contributed by atoms with Gasteiger partial charge in [-0.15, -0.1) is 0 Å². The van der Waals surface area contributed by atoms with Crippen LogP contribution in [0, 0.1) is 6.92 Å². The first-order valence-electron chi connectivity index (χ1n) is 6.55. The van der Waals surface area contributed by atoms with Gasteiger partial charge in [-0.2, -0.15) is 5.10 Å². The number of aromatic nitrogens is 2. The number of ether oxygens (including phenoxy) is 1. The molecule has 0 saturated carbocycles. The molecule has 0 atom stereocenters. The molecule has 2 rings (SSSR count). The summed E-state index contributed by atoms with van der Waals surface area (Å²) in [5.41, 5.74) is 1.03. The third kappa shape index (κ3) is 2.96. The van der Waals surface area contributed by atoms with E-state index in [0.29, 0.717) is 16.3 Å². The van der Waals surface area contributed by atoms with Gasteiger partial charge in [0.05, 0.1) is 10.7 Å². The fourth-order valence-corrected chi connectivity index (χ4v) is 2.19. The lowest BCUT2D eigenvalue weighted by Crippen LogP contribution is -2.26. The van der Waals surface area contributed by atoms with Crippen LogP contribution in [-0.4, -0.2) is 40.7 Å². The highest BCUT2D eigenvalue weighted by Gasteiger charge is 2.26. The van der Waals surface area contributed by atoms with Crippen molar-refractivity contribution >= 4 is 23.5 Å². The van der Waals surface area contributed by atoms with Gasteiger partial charge < -0.3 is 9.64 Å². The minimum atomic E-state index is -0.587. The van der Waals surface area contributed by atoms with Crippen molar-refractivity contribution in [2.24, 2.45) is 7.05 Å². The normalized spacial score (nSPS) is 10.4. The Kier molecular flexibility index (Phi) is 4.51. The van der Waals surface area contributed by atoms with Gasteiger partial charge in [-0.3, -0.25) is 4.79 Å². The van der Waals surface area contributed by atoms with Crippen molar-refractivity contribution in [3.8, 4) is 5.88 Å². The van der Waals surface area contributed by atoms with E-state index in [1.165, 1.54) is 9.58 Å². The van der Waals surface area contributed by atoms with Gasteiger partial charge in [0, 0.05) is 26.7 Å². The molecule has 0 saturated heterocycles. The van der Waals surface area contributed by atoms with Crippen LogP contribution < -0.4 is 4.74 Å². The van der Waals surface area contributed by atoms with Crippen molar-refractivity contribution < 1.29 is 14.3 Å². The highest BCUT2D eigenvalue weighted by atomic mass is 35.5. The van der Waals surface area contributed by atoms with E-state index in [0.717, 1.165) is 0 Å². The molecule has 7 heteroatoms. The molecule has 1 aromatic heterocycles. The third-order valence-corrected chi connectivity index (χ3v) is 3.39. The fraction of sp³-hybridized carbons (Fsp3) is 0.267. The Morgan fingerprint density at radius 3 is 2.50 bits per heavy atom. The van der Waals surface area contributed by atoms with Gasteiger partial charge in [-0.25, -0.2) is 9.48 Å². The van der Waals surface area contributed by atoms with Crippen molar-refractivity contribution in [3.05, 3.63) is 46.1 Å². The number of hydrogen-bond donors (Lipinski definition) is 0. The zero-order valence-electron chi connectivity index (χ0n) is 12.8. The number of ketones is 1. The lowest BCUT2D eigenvalue weighted by molar-refractivity contribution is 0.103. The van der Waals surface area contributed by atoms with Crippen molar-refractivity contribution in [1.82, 2.24) is 14.7 Å². The maximum atomic E-state index is 12.7. The molecule has 6 nitrogen and oxygen atoms in total. The Morgan fingerprint density at radius 1 is 1.27 bits per heavy atom. The Morgan fingerprint density at radius 2 is 1.91 bits per heavy atom. The van der Waals surface area contributed by atoms with Crippen molar-refractivity contribution in [2.75, 3.05) is 14.1 Å². The maximum Gasteiger partial charge on any atom is 0.416 e. The molecule has 0 radical (unpaired) electrons. The number of rotatable bonds is 3. The second-order valence-electron chi connectivity index (χ2n) is 4.96. The molecule has 0 N–H and O–H groups in total. The number of benzene rings is 1. The monoisotopic (exact) mass is 321 g/mol. The van der Waals surface area contributed by atoms with E-state index in [9.17, 15) is 9.59 Å². The first-order chi connectivity index (χ1) is 10.3. The van der Waals surface area contributed by atoms with Crippen LogP contribution in [0.1, 0.15) is 21.6 Å². The molecule has 0 aliphatic rings. The van der Waals surface area contributed by atoms with E-state index in [4.69, 9.17) is 16.3 Å². The minimum Gasteiger partial charge on any atom is -0.391 e. The molecule has 0 aliphatic carbocycles. The Labute approximate surface area is 133 Å². The molecule has 2 aromatic rings. The molecule has 116 valence electrons. The molecule has 0 bridgehead atoms. The average molecular weight is 322 g/mol. The first-order valence-corrected chi connectivity index (χ1v) is 6.92. The number of carbonyl (C=O) groups excluding carboxylic acids is 2. The summed E-state index contributed by atoms with van der Waals surface area (Å²) < 4.78 is 6.63. The number of halogens is 1. The zero-order chi connectivity index (χ0) is 16.4. The predicted octanol–water partition coefficient (Wildman–Crippen LogP) is 2.67. The number of carbonyl (C=O) groups is 2. The van der Waals surface area contributed by atoms with E-state index in [1.54, 1.807) is 52.3 Å². The predicted molar refractivity (Wildman–Crippen MR) is 82.5 cm³/mol. The van der Waals surface area contributed by atoms with Crippen molar-refractivity contribution in [2.45, 2.75) is 6.92 Å². The van der Waals surface area contributed by atoms with Crippen LogP contribution in [0.25, 0.3) is 0 Å². The summed E-state index contributed by atoms with van der Waals surface area (Å²) >= 11 is 6.07. The molecule has 0 aliphatic heterocycles. The molecule has 1 heterocycles. The maximum absolute atomic E-state index is 12.7. The van der Waals surface area contributed by atoms with E-state index in [2.05, 4.69) is 5.10 Å². The third-order valence-electron chi connectivity index (χ3n) is 3.06. The van der Waals surface area contributed by atoms with E-state index in [-0.39, 0.29) is 17.2 Å². The summed E-state index contributed by atoms with van der Waals surface area (Å²) in [6, 6.07) is 6.71. The van der Waals surface area contributed by atoms with Crippen LogP contribution in [0.4, 0.5) is 4.79 Å². The zero-order valence-corrected chi connectivity index (χ0v) is 13.5. The highest BCUT2D eigenvalue weighted by Crippen LogP contribution is 2.27. The van der Waals surface area contributed by atoms with Crippen LogP contribution in [0.3, 0.4) is 0 Å². The molecular formula is C15H16ClN3O3. The molecule has 0 fully saturated rings. The highest BCUT2D eigenvalue weighted by molar-refractivity contribution is 6.35. The van der Waals surface area contributed by atoms with Gasteiger partial charge in [0.25, 0.3) is 0 Å². The van der Waals surface area contributed by atoms with Gasteiger partial charge in [0.2, 0.25) is 11.7 Å². The van der Waals surface area contributed by atoms with Gasteiger partial charge >= 0.3 is 6.09 Å². The van der Waals surface area contributed by atoms with Gasteiger partial charge in [-0.05, 0) is 19.1 Å². The molecule has 0 spiro atoms. The van der Waals surface area contributed by atoms with Crippen molar-refractivity contribution in [1.29, 1.82) is 0 Å². The molecule has 22 heavy (non-hydrogen) atoms. The molecular weight excluding hydrogens is 306 g/mol. The van der Waals surface area contributed by atoms with Crippen LogP contribution in [0.5, 0.6) is 5.88 Å². The van der Waals surface area contributed by atoms with Crippen molar-refractivity contribution in [3.63, 3.8) is 0 Å². The summed E-state index contributed by atoms with van der Waals surface area (Å²) in [7, 11) is 4.72. The fourth-order valence-electron chi connectivity index (χ4n) is 1.97. The van der Waals surface area contributed by atoms with E-state index in [1.807, 2.05) is 0 Å². The van der Waals surface area contributed by atoms with Crippen LogP contribution in [0.2, 0.25) is 5.02 Å². The Bertz CT molecular complexity index is 738. The van der Waals surface area contributed by atoms with Crippen LogP contribution >= 0.6 is 11.6 Å². The summed E-state index contributed by atoms with van der Waals surface area (Å²) in [4.78, 5) is 25.8. The molecule has 1 amide bonds. The second kappa shape index (κ2) is 6.19. The first kappa shape index (κ1) is 16.0. The standard InChI is InChI=1S/C15H16ClN3O3/c1-9-12(13(20)10-7-5-6-8-11(10)16)14(19(4)17-9)22-15(21)18(2)3/h5-8H,1-4H3. The summed E-state index contributed by atoms with van der Waals surface area (Å²) in [5.74, 6) is -0.237. The number of amides is 1. The lowest BCUT2D eigenvalue weighted by atomic mass is 10.0. The molecule has 0 unspecified atom stereocenters. The van der Waals surface area contributed by atoms with Gasteiger partial charge in [0.15, 0.2) is 0 Å². The van der Waals surface area contributed by atoms with Gasteiger partial charge in [0.1, 0.15) is 5.56 Å². The summed E-state index contributed by atoms with van der Waals surface area (Å²) in [6.07, 6.45) is -0.587. The smallest absolute Gasteiger partial charge is 0.391 e. The largest absolute Gasteiger partial charge is 0.416 e. The van der Waals surface area contributed by atoms with Crippen LogP contribution in [-0.2, 0) is 7.05 Å². The quantitative estimate of drug-likeness (QED) is 0.815. The van der Waals surface area contributed by atoms with Crippen LogP contribution in [0.15, 0.2) is 24.3 Å². The Hall–Kier alpha value is -2.34. The lowest BCUT2D eigenvalue weighted by Gasteiger charge is -2.12. The minimum absolute atomic E-state index is 0.0983. The molecule has 1 aromatic carbocycles. The number of nitrogens with zero attached hydrogens (tertiary/aromatic N) is 3.